The predicted molar refractivity (Wildman–Crippen MR) is 116 cm³/mol. The average Bonchev–Trinajstić information content (AvgIpc) is 2.69. The van der Waals surface area contributed by atoms with Crippen molar-refractivity contribution in [2.24, 2.45) is 0 Å². The molecule has 0 bridgehead atoms. The van der Waals surface area contributed by atoms with Gasteiger partial charge in [-0.15, -0.1) is 0 Å². The van der Waals surface area contributed by atoms with Gasteiger partial charge < -0.3 is 9.45 Å². The molecular weight excluding hydrogens is 463 g/mol. The second-order valence-corrected chi connectivity index (χ2v) is 9.83. The van der Waals surface area contributed by atoms with Gasteiger partial charge in [0, 0.05) is 35.0 Å². The van der Waals surface area contributed by atoms with E-state index < -0.39 is 32.0 Å². The van der Waals surface area contributed by atoms with Gasteiger partial charge in [0.2, 0.25) is 17.1 Å². The first-order chi connectivity index (χ1) is 14.6. The number of para-hydroxylation sites is 2. The Morgan fingerprint density at radius 2 is 1.62 bits per heavy atom. The maximum Gasteiger partial charge on any atom is 1.00 e. The predicted octanol–water partition coefficient (Wildman–Crippen LogP) is -0.646. The molecule has 1 aliphatic heterocycles. The molecule has 1 aromatic heterocycles. The molecule has 0 radical (unpaired) electrons. The Labute approximate surface area is 208 Å². The van der Waals surface area contributed by atoms with Crippen LogP contribution < -0.4 is 39.0 Å². The molecule has 0 fully saturated rings. The Morgan fingerprint density at radius 3 is 2.34 bits per heavy atom. The molecule has 0 atom stereocenters. The average molecular weight is 482 g/mol. The summed E-state index contributed by atoms with van der Waals surface area (Å²) in [6.07, 6.45) is 5.03. The van der Waals surface area contributed by atoms with Crippen molar-refractivity contribution in [1.82, 2.24) is 0 Å². The Morgan fingerprint density at radius 1 is 0.938 bits per heavy atom. The number of benzene rings is 2. The number of hydrogen-bond donors (Lipinski definition) is 1. The van der Waals surface area contributed by atoms with Crippen LogP contribution in [0.3, 0.4) is 0 Å². The first-order valence-electron chi connectivity index (χ1n) is 9.17. The number of nitrogens with zero attached hydrogens (tertiary/aromatic N) is 2. The van der Waals surface area contributed by atoms with Crippen molar-refractivity contribution in [3.8, 4) is 0 Å². The van der Waals surface area contributed by atoms with Crippen molar-refractivity contribution in [3.63, 3.8) is 0 Å². The van der Waals surface area contributed by atoms with Gasteiger partial charge in [-0.25, -0.2) is 8.42 Å². The third-order valence-electron chi connectivity index (χ3n) is 4.82. The second-order valence-electron chi connectivity index (χ2n) is 7.03. The standard InChI is InChI=1S/C21H18N2O6S2.Na/c24-30(25,26)14-22-18(11-9-16-5-1-3-7-20(16)22)13-19-12-10-17-6-2-4-8-21(17)23(19)15-31(27,28)29;/h1-13H,14-15H2,(H-,24,25,26,27,28,29);/q;+1. The molecule has 0 saturated heterocycles. The summed E-state index contributed by atoms with van der Waals surface area (Å²) in [5, 5.41) is 0.743. The molecule has 0 aliphatic carbocycles. The number of aromatic nitrogens is 1. The van der Waals surface area contributed by atoms with Crippen LogP contribution >= 0.6 is 0 Å². The van der Waals surface area contributed by atoms with Gasteiger partial charge in [0.25, 0.3) is 10.1 Å². The van der Waals surface area contributed by atoms with E-state index in [9.17, 15) is 25.9 Å². The summed E-state index contributed by atoms with van der Waals surface area (Å²) >= 11 is 0. The Balaban J connectivity index is 0.00000289. The molecule has 2 aromatic carbocycles. The molecule has 0 unspecified atom stereocenters. The second kappa shape index (κ2) is 9.44. The minimum absolute atomic E-state index is 0. The normalized spacial score (nSPS) is 14.9. The van der Waals surface area contributed by atoms with Gasteiger partial charge in [0.1, 0.15) is 0 Å². The third-order valence-corrected chi connectivity index (χ3v) is 5.98. The fourth-order valence-corrected chi connectivity index (χ4v) is 4.79. The zero-order chi connectivity index (χ0) is 22.2. The quantitative estimate of drug-likeness (QED) is 0.292. The fraction of sp³-hybridized carbons (Fsp3) is 0.0952. The zero-order valence-corrected chi connectivity index (χ0v) is 20.8. The van der Waals surface area contributed by atoms with Gasteiger partial charge in [-0.05, 0) is 29.8 Å². The summed E-state index contributed by atoms with van der Waals surface area (Å²) in [5.74, 6) is -1.47. The maximum atomic E-state index is 11.7. The molecule has 2 heterocycles. The molecular formula is C21H18N2NaO6S2+. The van der Waals surface area contributed by atoms with Gasteiger partial charge in [0.15, 0.2) is 16.0 Å². The van der Waals surface area contributed by atoms with Gasteiger partial charge in [-0.2, -0.15) is 13.0 Å². The van der Waals surface area contributed by atoms with E-state index in [-0.39, 0.29) is 29.6 Å². The molecule has 0 saturated carbocycles. The molecule has 160 valence electrons. The molecule has 8 nitrogen and oxygen atoms in total. The van der Waals surface area contributed by atoms with Crippen LogP contribution in [0.5, 0.6) is 0 Å². The number of pyridine rings is 1. The number of anilines is 1. The van der Waals surface area contributed by atoms with E-state index in [2.05, 4.69) is 0 Å². The molecule has 11 heteroatoms. The van der Waals surface area contributed by atoms with Crippen molar-refractivity contribution in [2.75, 3.05) is 10.8 Å². The van der Waals surface area contributed by atoms with Crippen LogP contribution in [0.15, 0.2) is 72.4 Å². The molecule has 3 aromatic rings. The number of rotatable bonds is 5. The van der Waals surface area contributed by atoms with Gasteiger partial charge in [-0.3, -0.25) is 4.55 Å². The Hall–Kier alpha value is -2.05. The van der Waals surface area contributed by atoms with Crippen LogP contribution in [0.2, 0.25) is 0 Å². The van der Waals surface area contributed by atoms with Crippen molar-refractivity contribution in [3.05, 3.63) is 83.7 Å². The van der Waals surface area contributed by atoms with Crippen LogP contribution in [0, 0.1) is 0 Å². The maximum absolute atomic E-state index is 11.7. The van der Waals surface area contributed by atoms with Crippen LogP contribution in [-0.2, 0) is 26.1 Å². The summed E-state index contributed by atoms with van der Waals surface area (Å²) in [6.45, 7) is 0. The first kappa shape index (κ1) is 24.6. The summed E-state index contributed by atoms with van der Waals surface area (Å²) in [4.78, 5) is 1.41. The van der Waals surface area contributed by atoms with E-state index in [1.54, 1.807) is 78.9 Å². The summed E-state index contributed by atoms with van der Waals surface area (Å²) in [5.41, 5.74) is 2.66. The molecule has 1 N–H and O–H groups in total. The summed E-state index contributed by atoms with van der Waals surface area (Å²) in [7, 11) is -8.97. The van der Waals surface area contributed by atoms with Gasteiger partial charge >= 0.3 is 29.6 Å². The number of allylic oxidation sites excluding steroid dienone is 1. The summed E-state index contributed by atoms with van der Waals surface area (Å²) in [6, 6.07) is 17.5. The van der Waals surface area contributed by atoms with Crippen molar-refractivity contribution in [1.29, 1.82) is 0 Å². The van der Waals surface area contributed by atoms with E-state index >= 15 is 0 Å². The fourth-order valence-electron chi connectivity index (χ4n) is 3.57. The Bertz CT molecular complexity index is 1450. The van der Waals surface area contributed by atoms with E-state index in [0.717, 1.165) is 10.9 Å². The summed E-state index contributed by atoms with van der Waals surface area (Å²) < 4.78 is 68.9. The van der Waals surface area contributed by atoms with Crippen LogP contribution in [-0.4, -0.2) is 31.8 Å². The number of fused-ring (bicyclic) bond motifs is 2. The minimum Gasteiger partial charge on any atom is -0.743 e. The monoisotopic (exact) mass is 481 g/mol. The van der Waals surface area contributed by atoms with Crippen LogP contribution in [0.4, 0.5) is 5.69 Å². The topological polar surface area (TPSA) is 119 Å². The Kier molecular flexibility index (Phi) is 7.25. The largest absolute Gasteiger partial charge is 1.00 e. The molecule has 1 aliphatic rings. The van der Waals surface area contributed by atoms with E-state index in [4.69, 9.17) is 0 Å². The minimum atomic E-state index is -4.61. The van der Waals surface area contributed by atoms with Crippen LogP contribution in [0.1, 0.15) is 11.3 Å². The van der Waals surface area contributed by atoms with Crippen molar-refractivity contribution >= 4 is 49.0 Å². The SMILES string of the molecule is O=S(=O)([O-])C[n+]1c(C=C2C=Cc3ccccc3N2CS(=O)(=O)O)ccc2ccccc21.[Na+]. The van der Waals surface area contributed by atoms with Crippen molar-refractivity contribution in [2.45, 2.75) is 5.88 Å². The van der Waals surface area contributed by atoms with E-state index in [1.807, 2.05) is 0 Å². The molecule has 4 rings (SSSR count). The van der Waals surface area contributed by atoms with Gasteiger partial charge in [0.05, 0.1) is 0 Å². The smallest absolute Gasteiger partial charge is 0.743 e. The first-order valence-corrected chi connectivity index (χ1v) is 12.4. The molecule has 0 spiro atoms. The van der Waals surface area contributed by atoms with Crippen LogP contribution in [0.25, 0.3) is 23.1 Å². The molecule has 0 amide bonds. The van der Waals surface area contributed by atoms with Crippen molar-refractivity contribution < 1.29 is 60.1 Å². The molecule has 32 heavy (non-hydrogen) atoms. The van der Waals surface area contributed by atoms with E-state index in [0.29, 0.717) is 22.6 Å². The van der Waals surface area contributed by atoms with E-state index in [1.165, 1.54) is 9.47 Å². The van der Waals surface area contributed by atoms with Gasteiger partial charge in [-0.1, -0.05) is 36.4 Å². The number of hydrogen-bond acceptors (Lipinski definition) is 6. The zero-order valence-electron chi connectivity index (χ0n) is 17.1. The third kappa shape index (κ3) is 5.65.